The second-order valence-electron chi connectivity index (χ2n) is 6.22. The van der Waals surface area contributed by atoms with Crippen molar-refractivity contribution in [3.63, 3.8) is 0 Å². The van der Waals surface area contributed by atoms with Gasteiger partial charge in [-0.05, 0) is 25.3 Å². The van der Waals surface area contributed by atoms with Crippen LogP contribution in [-0.4, -0.2) is 30.1 Å². The van der Waals surface area contributed by atoms with Crippen LogP contribution in [0.1, 0.15) is 45.7 Å². The van der Waals surface area contributed by atoms with Crippen molar-refractivity contribution >= 4 is 0 Å². The molecule has 1 heterocycles. The molecule has 1 N–H and O–H groups in total. The lowest BCUT2D eigenvalue weighted by Crippen LogP contribution is -2.58. The van der Waals surface area contributed by atoms with Crippen molar-refractivity contribution in [2.24, 2.45) is 5.92 Å². The molecule has 1 fully saturated rings. The number of nitrogens with one attached hydrogen (secondary N) is 1. The molecular weight excluding hydrogens is 251 g/mol. The fraction of sp³-hybridized carbons (Fsp3) is 0.647. The van der Waals surface area contributed by atoms with E-state index in [-0.39, 0.29) is 11.9 Å². The molecule has 2 rings (SSSR count). The van der Waals surface area contributed by atoms with Crippen LogP contribution in [0.15, 0.2) is 24.3 Å². The molecule has 1 aliphatic heterocycles. The first-order valence-corrected chi connectivity index (χ1v) is 7.78. The summed E-state index contributed by atoms with van der Waals surface area (Å²) in [5, 5.41) is 3.64. The van der Waals surface area contributed by atoms with Gasteiger partial charge in [0.1, 0.15) is 5.82 Å². The number of halogens is 1. The van der Waals surface area contributed by atoms with Crippen molar-refractivity contribution in [1.82, 2.24) is 10.2 Å². The third-order valence-corrected chi connectivity index (χ3v) is 4.62. The van der Waals surface area contributed by atoms with E-state index in [1.807, 2.05) is 12.1 Å². The average Bonchev–Trinajstić information content (AvgIpc) is 2.46. The molecule has 1 aliphatic rings. The van der Waals surface area contributed by atoms with Crippen LogP contribution in [0.25, 0.3) is 0 Å². The van der Waals surface area contributed by atoms with Gasteiger partial charge in [-0.25, -0.2) is 4.39 Å². The second kappa shape index (κ2) is 6.68. The van der Waals surface area contributed by atoms with Crippen LogP contribution >= 0.6 is 0 Å². The highest BCUT2D eigenvalue weighted by molar-refractivity contribution is 5.21. The summed E-state index contributed by atoms with van der Waals surface area (Å²) < 4.78 is 14.0. The van der Waals surface area contributed by atoms with E-state index in [1.165, 1.54) is 0 Å². The fourth-order valence-corrected chi connectivity index (χ4v) is 3.14. The van der Waals surface area contributed by atoms with Gasteiger partial charge in [0, 0.05) is 36.8 Å². The van der Waals surface area contributed by atoms with E-state index in [0.29, 0.717) is 18.0 Å². The summed E-state index contributed by atoms with van der Waals surface area (Å²) in [6.45, 7) is 10.8. The van der Waals surface area contributed by atoms with Gasteiger partial charge in [-0.1, -0.05) is 39.0 Å². The Morgan fingerprint density at radius 2 is 2.00 bits per heavy atom. The Labute approximate surface area is 122 Å². The monoisotopic (exact) mass is 278 g/mol. The second-order valence-corrected chi connectivity index (χ2v) is 6.22. The highest BCUT2D eigenvalue weighted by Gasteiger charge is 2.32. The van der Waals surface area contributed by atoms with Crippen LogP contribution in [0.5, 0.6) is 0 Å². The summed E-state index contributed by atoms with van der Waals surface area (Å²) in [4.78, 5) is 2.47. The maximum Gasteiger partial charge on any atom is 0.127 e. The number of benzene rings is 1. The molecule has 1 aromatic rings. The number of hydrogen-bond donors (Lipinski definition) is 1. The predicted octanol–water partition coefficient (Wildman–Crippen LogP) is 3.60. The summed E-state index contributed by atoms with van der Waals surface area (Å²) in [5.74, 6) is 0.512. The number of piperazine rings is 1. The van der Waals surface area contributed by atoms with Crippen molar-refractivity contribution < 1.29 is 4.39 Å². The third kappa shape index (κ3) is 3.21. The van der Waals surface area contributed by atoms with Crippen molar-refractivity contribution in [2.45, 2.75) is 52.2 Å². The lowest BCUT2D eigenvalue weighted by Gasteiger charge is -2.45. The largest absolute Gasteiger partial charge is 0.311 e. The van der Waals surface area contributed by atoms with Gasteiger partial charge in [-0.15, -0.1) is 0 Å². The van der Waals surface area contributed by atoms with Gasteiger partial charge in [0.25, 0.3) is 0 Å². The lowest BCUT2D eigenvalue weighted by molar-refractivity contribution is 0.0722. The van der Waals surface area contributed by atoms with E-state index in [0.717, 1.165) is 25.1 Å². The highest BCUT2D eigenvalue weighted by Crippen LogP contribution is 2.28. The van der Waals surface area contributed by atoms with Gasteiger partial charge in [-0.3, -0.25) is 4.90 Å². The number of nitrogens with zero attached hydrogens (tertiary/aromatic N) is 1. The van der Waals surface area contributed by atoms with Crippen LogP contribution in [-0.2, 0) is 0 Å². The maximum absolute atomic E-state index is 14.0. The molecule has 3 heteroatoms. The zero-order valence-electron chi connectivity index (χ0n) is 13.1. The van der Waals surface area contributed by atoms with Crippen LogP contribution in [0.3, 0.4) is 0 Å². The van der Waals surface area contributed by atoms with Crippen LogP contribution in [0, 0.1) is 11.7 Å². The first-order valence-electron chi connectivity index (χ1n) is 7.78. The topological polar surface area (TPSA) is 15.3 Å². The Kier molecular flexibility index (Phi) is 5.17. The minimum Gasteiger partial charge on any atom is -0.311 e. The molecule has 1 saturated heterocycles. The molecule has 20 heavy (non-hydrogen) atoms. The minimum absolute atomic E-state index is 0.0884. The number of hydrogen-bond acceptors (Lipinski definition) is 2. The lowest BCUT2D eigenvalue weighted by atomic mass is 9.95. The fourth-order valence-electron chi connectivity index (χ4n) is 3.14. The first kappa shape index (κ1) is 15.5. The Balaban J connectivity index is 2.20. The molecule has 0 spiro atoms. The van der Waals surface area contributed by atoms with Crippen molar-refractivity contribution in [3.05, 3.63) is 35.6 Å². The molecule has 3 atom stereocenters. The van der Waals surface area contributed by atoms with Gasteiger partial charge in [0.15, 0.2) is 0 Å². The molecule has 1 aromatic carbocycles. The highest BCUT2D eigenvalue weighted by atomic mass is 19.1. The van der Waals surface area contributed by atoms with E-state index in [1.54, 1.807) is 12.1 Å². The smallest absolute Gasteiger partial charge is 0.127 e. The quantitative estimate of drug-likeness (QED) is 0.905. The Morgan fingerprint density at radius 3 is 2.60 bits per heavy atom. The predicted molar refractivity (Wildman–Crippen MR) is 82.2 cm³/mol. The summed E-state index contributed by atoms with van der Waals surface area (Å²) >= 11 is 0. The summed E-state index contributed by atoms with van der Waals surface area (Å²) in [6.07, 6.45) is 1.09. The summed E-state index contributed by atoms with van der Waals surface area (Å²) in [7, 11) is 0. The third-order valence-electron chi connectivity index (χ3n) is 4.62. The molecule has 112 valence electrons. The molecular formula is C17H27FN2. The zero-order chi connectivity index (χ0) is 14.7. The summed E-state index contributed by atoms with van der Waals surface area (Å²) in [6, 6.07) is 8.28. The Morgan fingerprint density at radius 1 is 1.30 bits per heavy atom. The maximum atomic E-state index is 14.0. The SMILES string of the molecule is CCC1CNC(C(C)C)CN1C(C)c1ccccc1F. The molecule has 0 aromatic heterocycles. The van der Waals surface area contributed by atoms with Crippen LogP contribution in [0.4, 0.5) is 4.39 Å². The van der Waals surface area contributed by atoms with Gasteiger partial charge in [-0.2, -0.15) is 0 Å². The van der Waals surface area contributed by atoms with Gasteiger partial charge < -0.3 is 5.32 Å². The molecule has 3 unspecified atom stereocenters. The molecule has 2 nitrogen and oxygen atoms in total. The molecule has 0 bridgehead atoms. The standard InChI is InChI=1S/C17H27FN2/c1-5-14-10-19-17(12(2)3)11-20(14)13(4)15-8-6-7-9-16(15)18/h6-9,12-14,17,19H,5,10-11H2,1-4H3. The zero-order valence-corrected chi connectivity index (χ0v) is 13.1. The first-order chi connectivity index (χ1) is 9.54. The molecule has 0 aliphatic carbocycles. The van der Waals surface area contributed by atoms with Crippen molar-refractivity contribution in [1.29, 1.82) is 0 Å². The summed E-state index contributed by atoms with van der Waals surface area (Å²) in [5.41, 5.74) is 0.815. The molecule has 0 amide bonds. The van der Waals surface area contributed by atoms with Crippen LogP contribution in [0.2, 0.25) is 0 Å². The average molecular weight is 278 g/mol. The van der Waals surface area contributed by atoms with E-state index in [2.05, 4.69) is 37.9 Å². The minimum atomic E-state index is -0.0884. The Bertz CT molecular complexity index is 433. The van der Waals surface area contributed by atoms with Crippen molar-refractivity contribution in [3.8, 4) is 0 Å². The molecule has 0 radical (unpaired) electrons. The van der Waals surface area contributed by atoms with E-state index in [9.17, 15) is 4.39 Å². The van der Waals surface area contributed by atoms with Crippen molar-refractivity contribution in [2.75, 3.05) is 13.1 Å². The van der Waals surface area contributed by atoms with E-state index in [4.69, 9.17) is 0 Å². The van der Waals surface area contributed by atoms with Gasteiger partial charge in [0.05, 0.1) is 0 Å². The normalized spacial score (nSPS) is 25.9. The van der Waals surface area contributed by atoms with E-state index < -0.39 is 0 Å². The van der Waals surface area contributed by atoms with Gasteiger partial charge >= 0.3 is 0 Å². The van der Waals surface area contributed by atoms with Crippen LogP contribution < -0.4 is 5.32 Å². The van der Waals surface area contributed by atoms with E-state index >= 15 is 0 Å². The van der Waals surface area contributed by atoms with Gasteiger partial charge in [0.2, 0.25) is 0 Å². The number of rotatable bonds is 4. The molecule has 0 saturated carbocycles. The Hall–Kier alpha value is -0.930.